The summed E-state index contributed by atoms with van der Waals surface area (Å²) in [5, 5.41) is 3.49. The summed E-state index contributed by atoms with van der Waals surface area (Å²) in [6.45, 7) is 5.29. The Bertz CT molecular complexity index is 301. The number of hydrogen-bond donors (Lipinski definition) is 1. The lowest BCUT2D eigenvalue weighted by molar-refractivity contribution is 0.639. The van der Waals surface area contributed by atoms with Crippen molar-refractivity contribution in [1.82, 2.24) is 10.3 Å². The SMILES string of the molecule is Cc1ccc([C@@H]2CCCN2)c(C)n1. The molecule has 70 valence electrons. The molecule has 2 nitrogen and oxygen atoms in total. The lowest BCUT2D eigenvalue weighted by atomic mass is 10.0. The van der Waals surface area contributed by atoms with Crippen LogP contribution < -0.4 is 5.32 Å². The maximum Gasteiger partial charge on any atom is 0.0423 e. The van der Waals surface area contributed by atoms with Crippen LogP contribution in [0.25, 0.3) is 0 Å². The summed E-state index contributed by atoms with van der Waals surface area (Å²) in [6, 6.07) is 4.86. The fraction of sp³-hybridized carbons (Fsp3) is 0.545. The maximum absolute atomic E-state index is 4.48. The molecule has 2 rings (SSSR count). The second kappa shape index (κ2) is 3.46. The molecule has 0 aliphatic carbocycles. The van der Waals surface area contributed by atoms with Crippen molar-refractivity contribution in [3.05, 3.63) is 29.1 Å². The van der Waals surface area contributed by atoms with E-state index in [2.05, 4.69) is 29.4 Å². The monoisotopic (exact) mass is 176 g/mol. The van der Waals surface area contributed by atoms with Crippen LogP contribution in [0.4, 0.5) is 0 Å². The van der Waals surface area contributed by atoms with Gasteiger partial charge >= 0.3 is 0 Å². The molecule has 0 aromatic carbocycles. The average molecular weight is 176 g/mol. The number of aryl methyl sites for hydroxylation is 2. The molecule has 1 N–H and O–H groups in total. The van der Waals surface area contributed by atoms with Crippen LogP contribution in [0.2, 0.25) is 0 Å². The number of aromatic nitrogens is 1. The number of nitrogens with zero attached hydrogens (tertiary/aromatic N) is 1. The summed E-state index contributed by atoms with van der Waals surface area (Å²) in [7, 11) is 0. The zero-order chi connectivity index (χ0) is 9.26. The minimum absolute atomic E-state index is 0.549. The first kappa shape index (κ1) is 8.70. The maximum atomic E-state index is 4.48. The third kappa shape index (κ3) is 1.73. The normalized spacial score (nSPS) is 22.2. The van der Waals surface area contributed by atoms with Crippen LogP contribution in [0.1, 0.15) is 35.8 Å². The first-order valence-corrected chi connectivity index (χ1v) is 4.95. The topological polar surface area (TPSA) is 24.9 Å². The molecular formula is C11H16N2. The molecule has 1 aromatic heterocycles. The number of pyridine rings is 1. The molecule has 0 saturated carbocycles. The van der Waals surface area contributed by atoms with E-state index in [0.29, 0.717) is 6.04 Å². The molecule has 0 spiro atoms. The van der Waals surface area contributed by atoms with Gasteiger partial charge in [-0.3, -0.25) is 4.98 Å². The second-order valence-corrected chi connectivity index (χ2v) is 3.78. The molecule has 1 atom stereocenters. The van der Waals surface area contributed by atoms with E-state index < -0.39 is 0 Å². The van der Waals surface area contributed by atoms with Gasteiger partial charge in [-0.25, -0.2) is 0 Å². The highest BCUT2D eigenvalue weighted by Crippen LogP contribution is 2.24. The third-order valence-electron chi connectivity index (χ3n) is 2.70. The molecule has 0 amide bonds. The average Bonchev–Trinajstić information content (AvgIpc) is 2.56. The van der Waals surface area contributed by atoms with Gasteiger partial charge in [0.15, 0.2) is 0 Å². The molecule has 1 aromatic rings. The van der Waals surface area contributed by atoms with Crippen LogP contribution in [0.5, 0.6) is 0 Å². The van der Waals surface area contributed by atoms with E-state index >= 15 is 0 Å². The first-order chi connectivity index (χ1) is 6.27. The van der Waals surface area contributed by atoms with E-state index in [0.717, 1.165) is 12.2 Å². The third-order valence-corrected chi connectivity index (χ3v) is 2.70. The Labute approximate surface area is 79.4 Å². The summed E-state index contributed by atoms with van der Waals surface area (Å²) in [4.78, 5) is 4.48. The lowest BCUT2D eigenvalue weighted by Crippen LogP contribution is -2.14. The van der Waals surface area contributed by atoms with E-state index in [1.807, 2.05) is 6.92 Å². The largest absolute Gasteiger partial charge is 0.310 e. The summed E-state index contributed by atoms with van der Waals surface area (Å²) in [5.41, 5.74) is 3.67. The number of rotatable bonds is 1. The highest BCUT2D eigenvalue weighted by Gasteiger charge is 2.17. The van der Waals surface area contributed by atoms with Gasteiger partial charge in [-0.1, -0.05) is 6.07 Å². The summed E-state index contributed by atoms with van der Waals surface area (Å²) >= 11 is 0. The van der Waals surface area contributed by atoms with E-state index in [1.54, 1.807) is 0 Å². The van der Waals surface area contributed by atoms with E-state index in [4.69, 9.17) is 0 Å². The number of nitrogens with one attached hydrogen (secondary N) is 1. The fourth-order valence-electron chi connectivity index (χ4n) is 2.02. The molecule has 2 heterocycles. The van der Waals surface area contributed by atoms with Crippen LogP contribution in [-0.4, -0.2) is 11.5 Å². The van der Waals surface area contributed by atoms with Crippen molar-refractivity contribution in [3.63, 3.8) is 0 Å². The van der Waals surface area contributed by atoms with Crippen LogP contribution in [0, 0.1) is 13.8 Å². The zero-order valence-corrected chi connectivity index (χ0v) is 8.30. The Balaban J connectivity index is 2.29. The molecule has 0 radical (unpaired) electrons. The first-order valence-electron chi connectivity index (χ1n) is 4.95. The van der Waals surface area contributed by atoms with Gasteiger partial charge in [0.25, 0.3) is 0 Å². The van der Waals surface area contributed by atoms with E-state index in [-0.39, 0.29) is 0 Å². The molecule has 13 heavy (non-hydrogen) atoms. The van der Waals surface area contributed by atoms with Crippen LogP contribution in [0.15, 0.2) is 12.1 Å². The standard InChI is InChI=1S/C11H16N2/c1-8-5-6-10(9(2)13-8)11-4-3-7-12-11/h5-6,11-12H,3-4,7H2,1-2H3/t11-/m0/s1. The number of hydrogen-bond acceptors (Lipinski definition) is 2. The summed E-state index contributed by atoms with van der Waals surface area (Å²) < 4.78 is 0. The predicted molar refractivity (Wildman–Crippen MR) is 53.7 cm³/mol. The van der Waals surface area contributed by atoms with Crippen molar-refractivity contribution in [2.75, 3.05) is 6.54 Å². The molecular weight excluding hydrogens is 160 g/mol. The van der Waals surface area contributed by atoms with Crippen molar-refractivity contribution in [2.45, 2.75) is 32.7 Å². The molecule has 1 aliphatic heterocycles. The van der Waals surface area contributed by atoms with Gasteiger partial charge in [-0.15, -0.1) is 0 Å². The Kier molecular flexibility index (Phi) is 2.32. The highest BCUT2D eigenvalue weighted by molar-refractivity contribution is 5.25. The van der Waals surface area contributed by atoms with Crippen molar-refractivity contribution >= 4 is 0 Å². The van der Waals surface area contributed by atoms with Gasteiger partial charge in [-0.05, 0) is 44.9 Å². The predicted octanol–water partition coefficient (Wildman–Crippen LogP) is 2.12. The fourth-order valence-corrected chi connectivity index (χ4v) is 2.02. The van der Waals surface area contributed by atoms with E-state index in [9.17, 15) is 0 Å². The van der Waals surface area contributed by atoms with Crippen LogP contribution >= 0.6 is 0 Å². The van der Waals surface area contributed by atoms with Crippen molar-refractivity contribution in [2.24, 2.45) is 0 Å². The second-order valence-electron chi connectivity index (χ2n) is 3.78. The van der Waals surface area contributed by atoms with Gasteiger partial charge < -0.3 is 5.32 Å². The smallest absolute Gasteiger partial charge is 0.0423 e. The summed E-state index contributed by atoms with van der Waals surface area (Å²) in [6.07, 6.45) is 2.55. The minimum atomic E-state index is 0.549. The van der Waals surface area contributed by atoms with E-state index in [1.165, 1.54) is 24.1 Å². The van der Waals surface area contributed by atoms with Gasteiger partial charge in [0.05, 0.1) is 0 Å². The van der Waals surface area contributed by atoms with Crippen LogP contribution in [0.3, 0.4) is 0 Å². The van der Waals surface area contributed by atoms with Crippen LogP contribution in [-0.2, 0) is 0 Å². The molecule has 1 saturated heterocycles. The molecule has 1 fully saturated rings. The molecule has 2 heteroatoms. The Morgan fingerprint density at radius 2 is 2.23 bits per heavy atom. The Morgan fingerprint density at radius 1 is 1.38 bits per heavy atom. The summed E-state index contributed by atoms with van der Waals surface area (Å²) in [5.74, 6) is 0. The molecule has 0 bridgehead atoms. The van der Waals surface area contributed by atoms with Crippen molar-refractivity contribution < 1.29 is 0 Å². The lowest BCUT2D eigenvalue weighted by Gasteiger charge is -2.13. The minimum Gasteiger partial charge on any atom is -0.310 e. The molecule has 0 unspecified atom stereocenters. The Hall–Kier alpha value is -0.890. The van der Waals surface area contributed by atoms with Crippen molar-refractivity contribution in [3.8, 4) is 0 Å². The highest BCUT2D eigenvalue weighted by atomic mass is 14.9. The zero-order valence-electron chi connectivity index (χ0n) is 8.30. The quantitative estimate of drug-likeness (QED) is 0.709. The van der Waals surface area contributed by atoms with Gasteiger partial charge in [0.2, 0.25) is 0 Å². The van der Waals surface area contributed by atoms with Gasteiger partial charge in [0.1, 0.15) is 0 Å². The molecule has 1 aliphatic rings. The Morgan fingerprint density at radius 3 is 2.85 bits per heavy atom. The van der Waals surface area contributed by atoms with Crippen molar-refractivity contribution in [1.29, 1.82) is 0 Å². The van der Waals surface area contributed by atoms with Gasteiger partial charge in [-0.2, -0.15) is 0 Å². The van der Waals surface area contributed by atoms with Gasteiger partial charge in [0, 0.05) is 17.4 Å².